The van der Waals surface area contributed by atoms with Gasteiger partial charge < -0.3 is 5.43 Å². The Morgan fingerprint density at radius 1 is 0.970 bits per heavy atom. The Morgan fingerprint density at radius 2 is 1.67 bits per heavy atom. The third-order valence-electron chi connectivity index (χ3n) is 5.14. The molecule has 0 saturated carbocycles. The van der Waals surface area contributed by atoms with Gasteiger partial charge in [0.05, 0.1) is 22.8 Å². The lowest BCUT2D eigenvalue weighted by Gasteiger charge is -2.21. The fourth-order valence-electron chi connectivity index (χ4n) is 3.49. The second-order valence-corrected chi connectivity index (χ2v) is 10.7. The van der Waals surface area contributed by atoms with Gasteiger partial charge in [-0.25, -0.2) is 12.8 Å². The molecule has 0 aromatic heterocycles. The van der Waals surface area contributed by atoms with Gasteiger partial charge in [-0.3, -0.25) is 0 Å². The molecule has 11 heteroatoms. The predicted molar refractivity (Wildman–Crippen MR) is 130 cm³/mol. The molecular weight excluding hydrogens is 531 g/mol. The number of hydrogen-bond donors (Lipinski definition) is 2. The zero-order valence-corrected chi connectivity index (χ0v) is 20.5. The van der Waals surface area contributed by atoms with E-state index in [2.05, 4.69) is 15.2 Å². The van der Waals surface area contributed by atoms with Gasteiger partial charge in [0.2, 0.25) is 10.0 Å². The quantitative estimate of drug-likeness (QED) is 0.368. The molecule has 1 heterocycles. The van der Waals surface area contributed by atoms with E-state index in [1.165, 1.54) is 18.2 Å². The minimum absolute atomic E-state index is 0.210. The van der Waals surface area contributed by atoms with Crippen molar-refractivity contribution in [2.24, 2.45) is 5.10 Å². The number of sulfonamides is 1. The first-order valence-corrected chi connectivity index (χ1v) is 12.6. The van der Waals surface area contributed by atoms with E-state index in [1.807, 2.05) is 12.1 Å². The van der Waals surface area contributed by atoms with Gasteiger partial charge in [-0.2, -0.15) is 9.82 Å². The number of nitrogens with zero attached hydrogens (tertiary/aromatic N) is 1. The number of hydrazone groups is 1. The first-order chi connectivity index (χ1) is 15.7. The third-order valence-corrected chi connectivity index (χ3v) is 7.68. The standard InChI is InChI=1S/C22H16Cl4FN3O2S/c23-13-6-4-12(5-7-13)18-11-19(29-28-18)22(15-9-8-14(24)10-17(15)26)30-33(31,32)20-3-1-2-16(25)21(20)27/h1-10,18,22,28,30H,11H2. The molecule has 0 fully saturated rings. The highest BCUT2D eigenvalue weighted by atomic mass is 35.5. The van der Waals surface area contributed by atoms with E-state index in [4.69, 9.17) is 46.4 Å². The molecule has 3 aromatic rings. The van der Waals surface area contributed by atoms with Crippen LogP contribution in [0.1, 0.15) is 29.6 Å². The van der Waals surface area contributed by atoms with E-state index < -0.39 is 26.8 Å². The summed E-state index contributed by atoms with van der Waals surface area (Å²) in [6.45, 7) is 0. The Morgan fingerprint density at radius 3 is 2.36 bits per heavy atom. The van der Waals surface area contributed by atoms with E-state index in [0.717, 1.165) is 11.6 Å². The number of benzene rings is 3. The molecule has 2 N–H and O–H groups in total. The molecule has 0 amide bonds. The van der Waals surface area contributed by atoms with Gasteiger partial charge in [-0.05, 0) is 47.5 Å². The largest absolute Gasteiger partial charge is 0.302 e. The molecule has 1 aliphatic heterocycles. The van der Waals surface area contributed by atoms with Crippen molar-refractivity contribution in [3.63, 3.8) is 0 Å². The molecule has 2 atom stereocenters. The fourth-order valence-corrected chi connectivity index (χ4v) is 5.67. The molecule has 1 aliphatic rings. The molecule has 4 rings (SSSR count). The summed E-state index contributed by atoms with van der Waals surface area (Å²) in [5.74, 6) is -1.04. The summed E-state index contributed by atoms with van der Waals surface area (Å²) in [6, 6.07) is 14.5. The van der Waals surface area contributed by atoms with Crippen molar-refractivity contribution < 1.29 is 12.8 Å². The van der Waals surface area contributed by atoms with Crippen LogP contribution in [-0.4, -0.2) is 14.1 Å². The Hall–Kier alpha value is -1.87. The van der Waals surface area contributed by atoms with Crippen LogP contribution in [-0.2, 0) is 10.0 Å². The van der Waals surface area contributed by atoms with E-state index in [0.29, 0.717) is 27.7 Å². The minimum Gasteiger partial charge on any atom is -0.302 e. The summed E-state index contributed by atoms with van der Waals surface area (Å²) < 4.78 is 43.3. The number of rotatable bonds is 6. The molecule has 0 bridgehead atoms. The summed E-state index contributed by atoms with van der Waals surface area (Å²) in [5.41, 5.74) is 4.82. The Kier molecular flexibility index (Phi) is 7.19. The highest BCUT2D eigenvalue weighted by Gasteiger charge is 2.33. The molecule has 172 valence electrons. The van der Waals surface area contributed by atoms with E-state index in [1.54, 1.807) is 24.3 Å². The average Bonchev–Trinajstić information content (AvgIpc) is 3.25. The maximum atomic E-state index is 14.5. The van der Waals surface area contributed by atoms with Gasteiger partial charge in [0, 0.05) is 21.5 Å². The molecular formula is C22H16Cl4FN3O2S. The molecule has 0 radical (unpaired) electrons. The second-order valence-electron chi connectivity index (χ2n) is 7.31. The lowest BCUT2D eigenvalue weighted by atomic mass is 9.96. The van der Waals surface area contributed by atoms with Gasteiger partial charge in [-0.15, -0.1) is 0 Å². The molecule has 0 spiro atoms. The lowest BCUT2D eigenvalue weighted by molar-refractivity contribution is 0.553. The Labute approximate surface area is 210 Å². The van der Waals surface area contributed by atoms with Crippen molar-refractivity contribution in [1.29, 1.82) is 0 Å². The highest BCUT2D eigenvalue weighted by molar-refractivity contribution is 7.89. The number of hydrogen-bond acceptors (Lipinski definition) is 4. The van der Waals surface area contributed by atoms with Crippen molar-refractivity contribution >= 4 is 62.1 Å². The van der Waals surface area contributed by atoms with Crippen LogP contribution >= 0.6 is 46.4 Å². The van der Waals surface area contributed by atoms with Crippen LogP contribution in [0.2, 0.25) is 20.1 Å². The van der Waals surface area contributed by atoms with Gasteiger partial charge >= 0.3 is 0 Å². The van der Waals surface area contributed by atoms with Crippen LogP contribution in [0.15, 0.2) is 70.7 Å². The van der Waals surface area contributed by atoms with Crippen LogP contribution in [0.4, 0.5) is 4.39 Å². The number of nitrogens with one attached hydrogen (secondary N) is 2. The monoisotopic (exact) mass is 545 g/mol. The Bertz CT molecular complexity index is 1330. The van der Waals surface area contributed by atoms with Crippen molar-refractivity contribution in [2.75, 3.05) is 0 Å². The molecule has 0 aliphatic carbocycles. The van der Waals surface area contributed by atoms with E-state index >= 15 is 0 Å². The minimum atomic E-state index is -4.34. The van der Waals surface area contributed by atoms with Crippen LogP contribution < -0.4 is 10.1 Å². The normalized spacial score (nSPS) is 16.9. The van der Waals surface area contributed by atoms with Crippen molar-refractivity contribution in [1.82, 2.24) is 10.1 Å². The molecule has 33 heavy (non-hydrogen) atoms. The zero-order chi connectivity index (χ0) is 23.8. The molecule has 3 aromatic carbocycles. The van der Waals surface area contributed by atoms with Crippen molar-refractivity contribution in [2.45, 2.75) is 23.4 Å². The molecule has 0 saturated heterocycles. The SMILES string of the molecule is O=S(=O)(NC(C1=NNC(c2ccc(Cl)cc2)C1)c1ccc(Cl)cc1Cl)c1cccc(Cl)c1F. The van der Waals surface area contributed by atoms with Crippen LogP contribution in [0.5, 0.6) is 0 Å². The second kappa shape index (κ2) is 9.78. The van der Waals surface area contributed by atoms with Crippen molar-refractivity contribution in [3.8, 4) is 0 Å². The van der Waals surface area contributed by atoms with E-state index in [9.17, 15) is 12.8 Å². The first kappa shape index (κ1) is 24.3. The smallest absolute Gasteiger partial charge is 0.244 e. The maximum absolute atomic E-state index is 14.5. The molecule has 5 nitrogen and oxygen atoms in total. The predicted octanol–water partition coefficient (Wildman–Crippen LogP) is 6.55. The summed E-state index contributed by atoms with van der Waals surface area (Å²) >= 11 is 24.2. The Balaban J connectivity index is 1.70. The lowest BCUT2D eigenvalue weighted by Crippen LogP contribution is -2.34. The first-order valence-electron chi connectivity index (χ1n) is 9.64. The zero-order valence-electron chi connectivity index (χ0n) is 16.7. The third kappa shape index (κ3) is 5.29. The summed E-state index contributed by atoms with van der Waals surface area (Å²) in [7, 11) is -4.34. The fraction of sp³-hybridized carbons (Fsp3) is 0.136. The van der Waals surface area contributed by atoms with Gasteiger partial charge in [0.25, 0.3) is 0 Å². The van der Waals surface area contributed by atoms with Gasteiger partial charge in [-0.1, -0.05) is 70.7 Å². The van der Waals surface area contributed by atoms with Gasteiger partial charge in [0.1, 0.15) is 4.90 Å². The van der Waals surface area contributed by atoms with Crippen molar-refractivity contribution in [3.05, 3.63) is 97.7 Å². The van der Waals surface area contributed by atoms with Crippen LogP contribution in [0, 0.1) is 5.82 Å². The summed E-state index contributed by atoms with van der Waals surface area (Å²) in [4.78, 5) is -0.578. The van der Waals surface area contributed by atoms with Gasteiger partial charge in [0.15, 0.2) is 5.82 Å². The highest BCUT2D eigenvalue weighted by Crippen LogP contribution is 2.34. The van der Waals surface area contributed by atoms with Crippen LogP contribution in [0.3, 0.4) is 0 Å². The van der Waals surface area contributed by atoms with Crippen LogP contribution in [0.25, 0.3) is 0 Å². The topological polar surface area (TPSA) is 70.6 Å². The maximum Gasteiger partial charge on any atom is 0.244 e. The van der Waals surface area contributed by atoms with E-state index in [-0.39, 0.29) is 16.1 Å². The molecule has 2 unspecified atom stereocenters. The summed E-state index contributed by atoms with van der Waals surface area (Å²) in [5, 5.41) is 5.28. The number of halogens is 5. The summed E-state index contributed by atoms with van der Waals surface area (Å²) in [6.07, 6.45) is 0.367. The average molecular weight is 547 g/mol.